The van der Waals surface area contributed by atoms with Gasteiger partial charge in [-0.2, -0.15) is 0 Å². The number of aliphatic hydroxyl groups excluding tert-OH is 1. The number of nitrogens with one attached hydrogen (secondary N) is 1. The fourth-order valence-electron chi connectivity index (χ4n) is 4.72. The smallest absolute Gasteiger partial charge is 0.472 e. The number of carboxylic acids is 1. The molecule has 12 heteroatoms. The van der Waals surface area contributed by atoms with Crippen molar-refractivity contribution in [3.05, 3.63) is 12.2 Å². The topological polar surface area (TPSA) is 169 Å². The summed E-state index contributed by atoms with van der Waals surface area (Å²) in [5.74, 6) is -2.39. The van der Waals surface area contributed by atoms with Crippen molar-refractivity contribution >= 4 is 25.7 Å². The molecule has 0 aliphatic carbocycles. The Morgan fingerprint density at radius 2 is 1.13 bits per heavy atom. The van der Waals surface area contributed by atoms with Gasteiger partial charge in [-0.15, -0.1) is 0 Å². The molecule has 0 fully saturated rings. The van der Waals surface area contributed by atoms with E-state index in [-0.39, 0.29) is 12.8 Å². The number of phosphoric acid groups is 1. The Balaban J connectivity index is 4.01. The largest absolute Gasteiger partial charge is 0.480 e. The Bertz CT molecular complexity index is 854. The van der Waals surface area contributed by atoms with Gasteiger partial charge in [0.15, 0.2) is 6.04 Å². The first-order valence-corrected chi connectivity index (χ1v) is 19.2. The van der Waals surface area contributed by atoms with Crippen LogP contribution in [0.3, 0.4) is 0 Å². The van der Waals surface area contributed by atoms with Gasteiger partial charge >= 0.3 is 19.8 Å². The van der Waals surface area contributed by atoms with E-state index in [9.17, 15) is 34.1 Å². The Labute approximate surface area is 277 Å². The second-order valence-corrected chi connectivity index (χ2v) is 13.5. The number of unbranched alkanes of at least 4 members (excludes halogenated alkanes) is 17. The van der Waals surface area contributed by atoms with Crippen LogP contribution in [0, 0.1) is 0 Å². The summed E-state index contributed by atoms with van der Waals surface area (Å²) in [4.78, 5) is 45.4. The molecule has 0 heterocycles. The molecular formula is C34H64NO10P. The van der Waals surface area contributed by atoms with E-state index in [2.05, 4.69) is 31.3 Å². The Kier molecular flexibility index (Phi) is 29.4. The molecule has 270 valence electrons. The van der Waals surface area contributed by atoms with Crippen LogP contribution in [-0.4, -0.2) is 64.9 Å². The van der Waals surface area contributed by atoms with Crippen LogP contribution in [0.5, 0.6) is 0 Å². The van der Waals surface area contributed by atoms with Gasteiger partial charge in [0.05, 0.1) is 13.2 Å². The molecule has 0 bridgehead atoms. The zero-order valence-corrected chi connectivity index (χ0v) is 29.5. The van der Waals surface area contributed by atoms with Crippen molar-refractivity contribution < 1.29 is 47.8 Å². The monoisotopic (exact) mass is 677 g/mol. The zero-order valence-electron chi connectivity index (χ0n) is 28.6. The third kappa shape index (κ3) is 29.6. The van der Waals surface area contributed by atoms with Crippen LogP contribution < -0.4 is 5.32 Å². The molecule has 1 amide bonds. The maximum Gasteiger partial charge on any atom is 0.472 e. The minimum absolute atomic E-state index is 0.138. The van der Waals surface area contributed by atoms with Crippen LogP contribution in [0.2, 0.25) is 0 Å². The highest BCUT2D eigenvalue weighted by molar-refractivity contribution is 7.47. The summed E-state index contributed by atoms with van der Waals surface area (Å²) in [5, 5.41) is 21.6. The van der Waals surface area contributed by atoms with Gasteiger partial charge in [-0.1, -0.05) is 116 Å². The first kappa shape index (κ1) is 44.2. The SMILES string of the molecule is CCCCCCCC/C=C\CCCCCCCC(=O)NC(COP(=O)(O)OCC(O)COC(=O)CCCCCCCCC)C(=O)O. The summed E-state index contributed by atoms with van der Waals surface area (Å²) >= 11 is 0. The molecule has 0 aromatic carbocycles. The summed E-state index contributed by atoms with van der Waals surface area (Å²) in [5.41, 5.74) is 0. The van der Waals surface area contributed by atoms with Gasteiger partial charge in [0.25, 0.3) is 0 Å². The average molecular weight is 678 g/mol. The molecule has 0 saturated carbocycles. The third-order valence-corrected chi connectivity index (χ3v) is 8.51. The number of phosphoric ester groups is 1. The van der Waals surface area contributed by atoms with Crippen LogP contribution in [0.4, 0.5) is 0 Å². The van der Waals surface area contributed by atoms with Gasteiger partial charge in [-0.3, -0.25) is 18.6 Å². The molecule has 11 nitrogen and oxygen atoms in total. The van der Waals surface area contributed by atoms with E-state index < -0.39 is 57.6 Å². The normalized spacial score (nSPS) is 14.2. The minimum atomic E-state index is -4.74. The number of esters is 1. The number of aliphatic hydroxyl groups is 1. The van der Waals surface area contributed by atoms with Crippen LogP contribution in [0.1, 0.15) is 155 Å². The highest BCUT2D eigenvalue weighted by atomic mass is 31.2. The van der Waals surface area contributed by atoms with E-state index in [0.717, 1.165) is 57.8 Å². The van der Waals surface area contributed by atoms with Crippen LogP contribution in [0.25, 0.3) is 0 Å². The standard InChI is InChI=1S/C34H64NO10P/c1-3-5-7-9-11-12-13-14-15-16-17-18-20-21-23-25-32(37)35-31(34(39)40)29-45-46(41,42)44-28-30(36)27-43-33(38)26-24-22-19-10-8-6-4-2/h14-15,30-31,36H,3-13,16-29H2,1-2H3,(H,35,37)(H,39,40)(H,41,42)/b15-14-. The second-order valence-electron chi connectivity index (χ2n) is 12.1. The van der Waals surface area contributed by atoms with Crippen molar-refractivity contribution in [2.45, 2.75) is 167 Å². The fourth-order valence-corrected chi connectivity index (χ4v) is 5.49. The molecule has 0 aliphatic heterocycles. The summed E-state index contributed by atoms with van der Waals surface area (Å²) < 4.78 is 26.6. The van der Waals surface area contributed by atoms with Gasteiger partial charge in [0.2, 0.25) is 5.91 Å². The molecule has 46 heavy (non-hydrogen) atoms. The number of carboxylic acid groups (broad SMARTS) is 1. The summed E-state index contributed by atoms with van der Waals surface area (Å²) in [6, 6.07) is -1.54. The van der Waals surface area contributed by atoms with E-state index in [0.29, 0.717) is 12.8 Å². The fraction of sp³-hybridized carbons (Fsp3) is 0.853. The van der Waals surface area contributed by atoms with Crippen molar-refractivity contribution in [2.24, 2.45) is 0 Å². The number of carbonyl (C=O) groups is 3. The highest BCUT2D eigenvalue weighted by Gasteiger charge is 2.28. The lowest BCUT2D eigenvalue weighted by atomic mass is 10.1. The van der Waals surface area contributed by atoms with Crippen LogP contribution >= 0.6 is 7.82 Å². The number of hydrogen-bond donors (Lipinski definition) is 4. The Hall–Kier alpha value is -1.78. The first-order valence-electron chi connectivity index (χ1n) is 17.7. The van der Waals surface area contributed by atoms with Crippen LogP contribution in [-0.2, 0) is 32.7 Å². The van der Waals surface area contributed by atoms with Gasteiger partial charge in [0.1, 0.15) is 12.7 Å². The van der Waals surface area contributed by atoms with E-state index in [1.54, 1.807) is 0 Å². The first-order chi connectivity index (χ1) is 22.1. The van der Waals surface area contributed by atoms with Crippen molar-refractivity contribution in [2.75, 3.05) is 19.8 Å². The molecule has 0 rings (SSSR count). The van der Waals surface area contributed by atoms with E-state index in [4.69, 9.17) is 13.8 Å². The maximum absolute atomic E-state index is 12.2. The average Bonchev–Trinajstić information content (AvgIpc) is 3.02. The molecule has 0 aromatic heterocycles. The molecule has 3 unspecified atom stereocenters. The predicted octanol–water partition coefficient (Wildman–Crippen LogP) is 7.77. The third-order valence-electron chi connectivity index (χ3n) is 7.55. The lowest BCUT2D eigenvalue weighted by molar-refractivity contribution is -0.147. The quantitative estimate of drug-likeness (QED) is 0.0233. The zero-order chi connectivity index (χ0) is 34.3. The van der Waals surface area contributed by atoms with Gasteiger partial charge in [-0.25, -0.2) is 9.36 Å². The number of carbonyl (C=O) groups excluding carboxylic acids is 2. The molecule has 0 spiro atoms. The summed E-state index contributed by atoms with van der Waals surface area (Å²) in [6.45, 7) is 2.49. The number of rotatable bonds is 33. The number of ether oxygens (including phenoxy) is 1. The van der Waals surface area contributed by atoms with Gasteiger partial charge < -0.3 is 25.2 Å². The lowest BCUT2D eigenvalue weighted by Gasteiger charge is -2.18. The molecule has 0 aromatic rings. The molecule has 0 aliphatic rings. The van der Waals surface area contributed by atoms with Gasteiger partial charge in [-0.05, 0) is 38.5 Å². The molecular weight excluding hydrogens is 613 g/mol. The second kappa shape index (κ2) is 30.5. The molecule has 3 atom stereocenters. The van der Waals surface area contributed by atoms with E-state index >= 15 is 0 Å². The molecule has 0 saturated heterocycles. The number of hydrogen-bond acceptors (Lipinski definition) is 8. The molecule has 0 radical (unpaired) electrons. The maximum atomic E-state index is 12.2. The Morgan fingerprint density at radius 1 is 0.674 bits per heavy atom. The van der Waals surface area contributed by atoms with Crippen molar-refractivity contribution in [3.63, 3.8) is 0 Å². The molecule has 4 N–H and O–H groups in total. The summed E-state index contributed by atoms with van der Waals surface area (Å²) in [6.07, 6.45) is 25.6. The highest BCUT2D eigenvalue weighted by Crippen LogP contribution is 2.43. The van der Waals surface area contributed by atoms with Gasteiger partial charge in [0, 0.05) is 12.8 Å². The number of aliphatic carboxylic acids is 1. The minimum Gasteiger partial charge on any atom is -0.480 e. The van der Waals surface area contributed by atoms with Crippen molar-refractivity contribution in [1.29, 1.82) is 0 Å². The van der Waals surface area contributed by atoms with E-state index in [1.807, 2.05) is 0 Å². The summed E-state index contributed by atoms with van der Waals surface area (Å²) in [7, 11) is -4.74. The lowest BCUT2D eigenvalue weighted by Crippen LogP contribution is -2.43. The van der Waals surface area contributed by atoms with Crippen molar-refractivity contribution in [3.8, 4) is 0 Å². The number of amides is 1. The predicted molar refractivity (Wildman–Crippen MR) is 180 cm³/mol. The number of allylic oxidation sites excluding steroid dienone is 2. The van der Waals surface area contributed by atoms with Crippen molar-refractivity contribution in [1.82, 2.24) is 5.32 Å². The Morgan fingerprint density at radius 3 is 1.65 bits per heavy atom. The van der Waals surface area contributed by atoms with E-state index in [1.165, 1.54) is 57.8 Å². The van der Waals surface area contributed by atoms with Crippen LogP contribution in [0.15, 0.2) is 12.2 Å².